The summed E-state index contributed by atoms with van der Waals surface area (Å²) in [4.78, 5) is 36.2. The van der Waals surface area contributed by atoms with Gasteiger partial charge in [-0.1, -0.05) is 30.3 Å². The van der Waals surface area contributed by atoms with Crippen LogP contribution in [0.25, 0.3) is 10.9 Å². The summed E-state index contributed by atoms with van der Waals surface area (Å²) in [5.74, 6) is 0.780. The highest BCUT2D eigenvalue weighted by Crippen LogP contribution is 2.21. The Morgan fingerprint density at radius 1 is 1.03 bits per heavy atom. The van der Waals surface area contributed by atoms with Crippen LogP contribution in [0.15, 0.2) is 60.8 Å². The summed E-state index contributed by atoms with van der Waals surface area (Å²) >= 11 is 0. The van der Waals surface area contributed by atoms with Gasteiger partial charge in [0.2, 0.25) is 11.8 Å². The molecule has 4 rings (SSSR count). The standard InChI is InChI=1S/C29H36N4O4/c1-4-32(5-2)29(35)21-37-25-18-31(17-23-14-15-30-27-9-7-6-8-26(23)27)20-28(34)33(19-25)16-22-10-12-24(36-3)13-11-22/h6-15,25H,4-5,16-21H2,1-3H3. The van der Waals surface area contributed by atoms with Crippen molar-refractivity contribution in [2.75, 3.05) is 46.4 Å². The van der Waals surface area contributed by atoms with Crippen LogP contribution >= 0.6 is 0 Å². The van der Waals surface area contributed by atoms with Crippen molar-refractivity contribution in [3.8, 4) is 5.75 Å². The molecule has 2 heterocycles. The lowest BCUT2D eigenvalue weighted by Gasteiger charge is -2.26. The van der Waals surface area contributed by atoms with E-state index >= 15 is 0 Å². The molecule has 0 spiro atoms. The Labute approximate surface area is 218 Å². The average molecular weight is 505 g/mol. The number of hydrogen-bond acceptors (Lipinski definition) is 6. The molecule has 1 unspecified atom stereocenters. The Morgan fingerprint density at radius 3 is 2.51 bits per heavy atom. The van der Waals surface area contributed by atoms with Gasteiger partial charge in [-0.15, -0.1) is 0 Å². The predicted molar refractivity (Wildman–Crippen MR) is 143 cm³/mol. The number of amides is 2. The van der Waals surface area contributed by atoms with Gasteiger partial charge in [0.15, 0.2) is 0 Å². The number of fused-ring (bicyclic) bond motifs is 1. The highest BCUT2D eigenvalue weighted by atomic mass is 16.5. The maximum Gasteiger partial charge on any atom is 0.248 e. The zero-order valence-electron chi connectivity index (χ0n) is 21.9. The molecule has 0 radical (unpaired) electrons. The second-order valence-electron chi connectivity index (χ2n) is 9.28. The Kier molecular flexibility index (Phi) is 9.09. The Balaban J connectivity index is 1.53. The van der Waals surface area contributed by atoms with Crippen LogP contribution in [0.3, 0.4) is 0 Å². The summed E-state index contributed by atoms with van der Waals surface area (Å²) in [6.07, 6.45) is 1.52. The van der Waals surface area contributed by atoms with E-state index in [9.17, 15) is 9.59 Å². The summed E-state index contributed by atoms with van der Waals surface area (Å²) < 4.78 is 11.4. The van der Waals surface area contributed by atoms with Crippen LogP contribution in [0.1, 0.15) is 25.0 Å². The summed E-state index contributed by atoms with van der Waals surface area (Å²) in [5.41, 5.74) is 3.06. The summed E-state index contributed by atoms with van der Waals surface area (Å²) in [7, 11) is 1.63. The number of benzene rings is 2. The van der Waals surface area contributed by atoms with Crippen LogP contribution in [-0.4, -0.2) is 84.0 Å². The molecule has 0 N–H and O–H groups in total. The van der Waals surface area contributed by atoms with Crippen molar-refractivity contribution in [3.63, 3.8) is 0 Å². The number of methoxy groups -OCH3 is 1. The molecule has 1 fully saturated rings. The molecular formula is C29H36N4O4. The van der Waals surface area contributed by atoms with E-state index in [1.807, 2.05) is 73.5 Å². The maximum atomic E-state index is 13.4. The number of pyridine rings is 1. The monoisotopic (exact) mass is 504 g/mol. The number of ether oxygens (including phenoxy) is 2. The van der Waals surface area contributed by atoms with Gasteiger partial charge in [0.25, 0.3) is 0 Å². The number of nitrogens with zero attached hydrogens (tertiary/aromatic N) is 4. The summed E-state index contributed by atoms with van der Waals surface area (Å²) in [5, 5.41) is 1.07. The van der Waals surface area contributed by atoms with Gasteiger partial charge in [0.1, 0.15) is 12.4 Å². The van der Waals surface area contributed by atoms with Gasteiger partial charge in [0, 0.05) is 50.9 Å². The Bertz CT molecular complexity index is 1190. The molecular weight excluding hydrogens is 468 g/mol. The number of para-hydroxylation sites is 1. The zero-order valence-corrected chi connectivity index (χ0v) is 21.9. The minimum atomic E-state index is -0.294. The van der Waals surface area contributed by atoms with E-state index < -0.39 is 0 Å². The smallest absolute Gasteiger partial charge is 0.248 e. The molecule has 37 heavy (non-hydrogen) atoms. The molecule has 2 aromatic carbocycles. The summed E-state index contributed by atoms with van der Waals surface area (Å²) in [6.45, 7) is 7.52. The lowest BCUT2D eigenvalue weighted by atomic mass is 10.1. The van der Waals surface area contributed by atoms with E-state index in [2.05, 4.69) is 16.0 Å². The first kappa shape index (κ1) is 26.6. The van der Waals surface area contributed by atoms with Crippen LogP contribution in [0.5, 0.6) is 5.75 Å². The van der Waals surface area contributed by atoms with E-state index in [0.717, 1.165) is 27.8 Å². The van der Waals surface area contributed by atoms with Gasteiger partial charge in [-0.3, -0.25) is 19.5 Å². The first-order chi connectivity index (χ1) is 18.0. The fourth-order valence-corrected chi connectivity index (χ4v) is 4.77. The largest absolute Gasteiger partial charge is 0.497 e. The van der Waals surface area contributed by atoms with Crippen molar-refractivity contribution in [3.05, 3.63) is 71.9 Å². The lowest BCUT2D eigenvalue weighted by molar-refractivity contribution is -0.138. The zero-order chi connectivity index (χ0) is 26.2. The van der Waals surface area contributed by atoms with E-state index in [1.165, 1.54) is 0 Å². The van der Waals surface area contributed by atoms with Crippen LogP contribution in [0.4, 0.5) is 0 Å². The van der Waals surface area contributed by atoms with Gasteiger partial charge in [-0.25, -0.2) is 0 Å². The molecule has 0 aliphatic carbocycles. The fraction of sp³-hybridized carbons (Fsp3) is 0.414. The topological polar surface area (TPSA) is 75.2 Å². The van der Waals surface area contributed by atoms with Gasteiger partial charge in [-0.05, 0) is 49.2 Å². The second kappa shape index (κ2) is 12.7. The molecule has 0 bridgehead atoms. The number of aromatic nitrogens is 1. The van der Waals surface area contributed by atoms with Crippen LogP contribution in [-0.2, 0) is 27.4 Å². The second-order valence-corrected chi connectivity index (χ2v) is 9.28. The van der Waals surface area contributed by atoms with E-state index in [0.29, 0.717) is 39.3 Å². The molecule has 196 valence electrons. The SMILES string of the molecule is CCN(CC)C(=O)COC1CN(Cc2ccnc3ccccc23)CC(=O)N(Cc2ccc(OC)cc2)C1. The van der Waals surface area contributed by atoms with Crippen molar-refractivity contribution in [1.82, 2.24) is 19.7 Å². The van der Waals surface area contributed by atoms with Crippen LogP contribution in [0, 0.1) is 0 Å². The lowest BCUT2D eigenvalue weighted by Crippen LogP contribution is -2.40. The molecule has 1 atom stereocenters. The minimum Gasteiger partial charge on any atom is -0.497 e. The quantitative estimate of drug-likeness (QED) is 0.422. The number of hydrogen-bond donors (Lipinski definition) is 0. The summed E-state index contributed by atoms with van der Waals surface area (Å²) in [6, 6.07) is 17.8. The molecule has 3 aromatic rings. The Morgan fingerprint density at radius 2 is 1.78 bits per heavy atom. The van der Waals surface area contributed by atoms with Gasteiger partial charge >= 0.3 is 0 Å². The molecule has 0 saturated carbocycles. The number of rotatable bonds is 10. The average Bonchev–Trinajstić information content (AvgIpc) is 3.06. The molecule has 1 aromatic heterocycles. The first-order valence-corrected chi connectivity index (χ1v) is 12.9. The van der Waals surface area contributed by atoms with Crippen molar-refractivity contribution in [1.29, 1.82) is 0 Å². The molecule has 8 heteroatoms. The molecule has 1 saturated heterocycles. The Hall–Kier alpha value is -3.49. The fourth-order valence-electron chi connectivity index (χ4n) is 4.77. The highest BCUT2D eigenvalue weighted by molar-refractivity contribution is 5.82. The van der Waals surface area contributed by atoms with E-state index in [4.69, 9.17) is 9.47 Å². The first-order valence-electron chi connectivity index (χ1n) is 12.9. The highest BCUT2D eigenvalue weighted by Gasteiger charge is 2.29. The van der Waals surface area contributed by atoms with Crippen molar-refractivity contribution < 1.29 is 19.1 Å². The molecule has 8 nitrogen and oxygen atoms in total. The van der Waals surface area contributed by atoms with Crippen molar-refractivity contribution in [2.24, 2.45) is 0 Å². The third-order valence-electron chi connectivity index (χ3n) is 6.82. The number of likely N-dealkylation sites (N-methyl/N-ethyl adjacent to an activating group) is 1. The van der Waals surface area contributed by atoms with Crippen molar-refractivity contribution >= 4 is 22.7 Å². The van der Waals surface area contributed by atoms with Gasteiger partial charge in [-0.2, -0.15) is 0 Å². The van der Waals surface area contributed by atoms with E-state index in [-0.39, 0.29) is 31.1 Å². The van der Waals surface area contributed by atoms with Crippen molar-refractivity contribution in [2.45, 2.75) is 33.0 Å². The normalized spacial score (nSPS) is 16.6. The molecule has 1 aliphatic heterocycles. The van der Waals surface area contributed by atoms with E-state index in [1.54, 1.807) is 12.0 Å². The number of carbonyl (C=O) groups excluding carboxylic acids is 2. The minimum absolute atomic E-state index is 0.00292. The number of carbonyl (C=O) groups is 2. The third-order valence-corrected chi connectivity index (χ3v) is 6.82. The van der Waals surface area contributed by atoms with Crippen LogP contribution in [0.2, 0.25) is 0 Å². The van der Waals surface area contributed by atoms with Gasteiger partial charge in [0.05, 0.1) is 25.3 Å². The van der Waals surface area contributed by atoms with Gasteiger partial charge < -0.3 is 19.3 Å². The molecule has 1 aliphatic rings. The maximum absolute atomic E-state index is 13.4. The van der Waals surface area contributed by atoms with Crippen LogP contribution < -0.4 is 4.74 Å². The third kappa shape index (κ3) is 6.84. The molecule has 2 amide bonds. The predicted octanol–water partition coefficient (Wildman–Crippen LogP) is 3.34.